The van der Waals surface area contributed by atoms with Crippen LogP contribution in [0.25, 0.3) is 0 Å². The Labute approximate surface area is 109 Å². The predicted octanol–water partition coefficient (Wildman–Crippen LogP) is 3.25. The van der Waals surface area contributed by atoms with Crippen LogP contribution in [-0.2, 0) is 6.42 Å². The fourth-order valence-corrected chi connectivity index (χ4v) is 2.23. The van der Waals surface area contributed by atoms with Crippen molar-refractivity contribution >= 4 is 0 Å². The molecule has 2 N–H and O–H groups in total. The first-order valence-corrected chi connectivity index (χ1v) is 6.31. The van der Waals surface area contributed by atoms with E-state index >= 15 is 0 Å². The Morgan fingerprint density at radius 3 is 2.50 bits per heavy atom. The van der Waals surface area contributed by atoms with Crippen LogP contribution < -0.4 is 5.73 Å². The summed E-state index contributed by atoms with van der Waals surface area (Å²) in [4.78, 5) is 4.42. The Morgan fingerprint density at radius 1 is 1.06 bits per heavy atom. The number of nitrogens with two attached hydrogens (primary N) is 1. The number of aryl methyl sites for hydroxylation is 2. The third kappa shape index (κ3) is 2.59. The zero-order valence-electron chi connectivity index (χ0n) is 11.3. The average Bonchev–Trinajstić information content (AvgIpc) is 2.35. The molecule has 1 atom stereocenters. The highest BCUT2D eigenvalue weighted by atomic mass is 14.7. The van der Waals surface area contributed by atoms with Gasteiger partial charge in [0.1, 0.15) is 0 Å². The van der Waals surface area contributed by atoms with Gasteiger partial charge in [-0.2, -0.15) is 0 Å². The smallest absolute Gasteiger partial charge is 0.0451 e. The van der Waals surface area contributed by atoms with Gasteiger partial charge < -0.3 is 5.73 Å². The number of pyridine rings is 1. The minimum absolute atomic E-state index is 0.0125. The highest BCUT2D eigenvalue weighted by molar-refractivity contribution is 5.36. The third-order valence-corrected chi connectivity index (χ3v) is 3.58. The molecule has 1 aromatic heterocycles. The van der Waals surface area contributed by atoms with Crippen molar-refractivity contribution in [2.45, 2.75) is 33.2 Å². The van der Waals surface area contributed by atoms with Gasteiger partial charge in [-0.3, -0.25) is 4.98 Å². The van der Waals surface area contributed by atoms with Crippen molar-refractivity contribution in [1.82, 2.24) is 4.98 Å². The zero-order chi connectivity index (χ0) is 13.1. The summed E-state index contributed by atoms with van der Waals surface area (Å²) in [5.74, 6) is 0. The van der Waals surface area contributed by atoms with Crippen molar-refractivity contribution in [3.8, 4) is 0 Å². The lowest BCUT2D eigenvalue weighted by Crippen LogP contribution is -2.16. The quantitative estimate of drug-likeness (QED) is 0.894. The Balaban J connectivity index is 2.25. The molecule has 1 heterocycles. The van der Waals surface area contributed by atoms with E-state index in [0.717, 1.165) is 12.1 Å². The molecular weight excluding hydrogens is 220 g/mol. The van der Waals surface area contributed by atoms with E-state index in [1.54, 1.807) is 0 Å². The van der Waals surface area contributed by atoms with E-state index in [4.69, 9.17) is 5.73 Å². The Bertz CT molecular complexity index is 547. The first-order chi connectivity index (χ1) is 8.59. The van der Waals surface area contributed by atoms with Gasteiger partial charge in [0.05, 0.1) is 0 Å². The van der Waals surface area contributed by atoms with Crippen molar-refractivity contribution in [2.24, 2.45) is 5.73 Å². The third-order valence-electron chi connectivity index (χ3n) is 3.58. The second-order valence-electron chi connectivity index (χ2n) is 4.87. The van der Waals surface area contributed by atoms with Gasteiger partial charge in [0, 0.05) is 24.4 Å². The summed E-state index contributed by atoms with van der Waals surface area (Å²) in [6, 6.07) is 10.4. The van der Waals surface area contributed by atoms with Crippen LogP contribution in [0.2, 0.25) is 0 Å². The minimum Gasteiger partial charge on any atom is -0.324 e. The first kappa shape index (κ1) is 12.8. The van der Waals surface area contributed by atoms with Crippen LogP contribution in [0.4, 0.5) is 0 Å². The molecule has 0 spiro atoms. The van der Waals surface area contributed by atoms with Gasteiger partial charge in [0.15, 0.2) is 0 Å². The molecule has 1 aromatic carbocycles. The Hall–Kier alpha value is -1.67. The topological polar surface area (TPSA) is 38.9 Å². The van der Waals surface area contributed by atoms with E-state index in [-0.39, 0.29) is 6.04 Å². The molecule has 0 saturated carbocycles. The number of nitrogens with zero attached hydrogens (tertiary/aromatic N) is 1. The zero-order valence-corrected chi connectivity index (χ0v) is 11.3. The molecule has 94 valence electrons. The number of hydrogen-bond donors (Lipinski definition) is 1. The molecule has 0 aliphatic heterocycles. The van der Waals surface area contributed by atoms with E-state index in [1.807, 2.05) is 12.3 Å². The second-order valence-corrected chi connectivity index (χ2v) is 4.87. The maximum atomic E-state index is 6.33. The second kappa shape index (κ2) is 5.32. The standard InChI is InChI=1S/C16H20N2/c1-11-6-4-8-14(13(11)3)15(17)10-16-12(2)7-5-9-18-16/h4-9,15H,10,17H2,1-3H3. The minimum atomic E-state index is 0.0125. The van der Waals surface area contributed by atoms with Crippen LogP contribution in [0.1, 0.15) is 34.0 Å². The Kier molecular flexibility index (Phi) is 3.78. The number of benzene rings is 1. The van der Waals surface area contributed by atoms with Gasteiger partial charge in [0.25, 0.3) is 0 Å². The summed E-state index contributed by atoms with van der Waals surface area (Å²) in [6.07, 6.45) is 2.62. The lowest BCUT2D eigenvalue weighted by molar-refractivity contribution is 0.697. The van der Waals surface area contributed by atoms with E-state index in [0.29, 0.717) is 0 Å². The van der Waals surface area contributed by atoms with E-state index < -0.39 is 0 Å². The molecule has 0 amide bonds. The molecule has 0 radical (unpaired) electrons. The molecule has 18 heavy (non-hydrogen) atoms. The number of rotatable bonds is 3. The summed E-state index contributed by atoms with van der Waals surface area (Å²) in [7, 11) is 0. The number of aromatic nitrogens is 1. The summed E-state index contributed by atoms with van der Waals surface area (Å²) in [6.45, 7) is 6.34. The maximum Gasteiger partial charge on any atom is 0.0451 e. The molecule has 0 bridgehead atoms. The molecular formula is C16H20N2. The van der Waals surface area contributed by atoms with Crippen molar-refractivity contribution in [3.05, 3.63) is 64.5 Å². The maximum absolute atomic E-state index is 6.33. The highest BCUT2D eigenvalue weighted by Gasteiger charge is 2.12. The molecule has 0 aliphatic carbocycles. The van der Waals surface area contributed by atoms with Crippen LogP contribution in [-0.4, -0.2) is 4.98 Å². The van der Waals surface area contributed by atoms with Crippen molar-refractivity contribution in [3.63, 3.8) is 0 Å². The molecule has 2 heteroatoms. The highest BCUT2D eigenvalue weighted by Crippen LogP contribution is 2.22. The summed E-state index contributed by atoms with van der Waals surface area (Å²) in [5.41, 5.74) is 12.4. The van der Waals surface area contributed by atoms with E-state index in [2.05, 4.69) is 50.0 Å². The molecule has 0 aliphatic rings. The summed E-state index contributed by atoms with van der Waals surface area (Å²) < 4.78 is 0. The first-order valence-electron chi connectivity index (χ1n) is 6.31. The van der Waals surface area contributed by atoms with Gasteiger partial charge in [-0.1, -0.05) is 24.3 Å². The fourth-order valence-electron chi connectivity index (χ4n) is 2.23. The average molecular weight is 240 g/mol. The predicted molar refractivity (Wildman–Crippen MR) is 75.5 cm³/mol. The molecule has 2 rings (SSSR count). The van der Waals surface area contributed by atoms with Crippen LogP contribution in [0.5, 0.6) is 0 Å². The molecule has 0 fully saturated rings. The molecule has 2 aromatic rings. The summed E-state index contributed by atoms with van der Waals surface area (Å²) in [5, 5.41) is 0. The normalized spacial score (nSPS) is 12.4. The molecule has 2 nitrogen and oxygen atoms in total. The van der Waals surface area contributed by atoms with Crippen molar-refractivity contribution < 1.29 is 0 Å². The van der Waals surface area contributed by atoms with E-state index in [9.17, 15) is 0 Å². The molecule has 0 saturated heterocycles. The molecule has 1 unspecified atom stereocenters. The summed E-state index contributed by atoms with van der Waals surface area (Å²) >= 11 is 0. The number of hydrogen-bond acceptors (Lipinski definition) is 2. The lowest BCUT2D eigenvalue weighted by atomic mass is 9.94. The van der Waals surface area contributed by atoms with Crippen molar-refractivity contribution in [1.29, 1.82) is 0 Å². The Morgan fingerprint density at radius 2 is 1.78 bits per heavy atom. The van der Waals surface area contributed by atoms with Gasteiger partial charge >= 0.3 is 0 Å². The van der Waals surface area contributed by atoms with Crippen LogP contribution in [0, 0.1) is 20.8 Å². The largest absolute Gasteiger partial charge is 0.324 e. The van der Waals surface area contributed by atoms with Gasteiger partial charge in [-0.05, 0) is 49.1 Å². The SMILES string of the molecule is Cc1cccnc1CC(N)c1cccc(C)c1C. The van der Waals surface area contributed by atoms with Gasteiger partial charge in [0.2, 0.25) is 0 Å². The van der Waals surface area contributed by atoms with Crippen LogP contribution in [0.15, 0.2) is 36.5 Å². The van der Waals surface area contributed by atoms with Crippen LogP contribution >= 0.6 is 0 Å². The monoisotopic (exact) mass is 240 g/mol. The van der Waals surface area contributed by atoms with Crippen molar-refractivity contribution in [2.75, 3.05) is 0 Å². The van der Waals surface area contributed by atoms with Gasteiger partial charge in [-0.25, -0.2) is 0 Å². The lowest BCUT2D eigenvalue weighted by Gasteiger charge is -2.16. The van der Waals surface area contributed by atoms with Gasteiger partial charge in [-0.15, -0.1) is 0 Å². The van der Waals surface area contributed by atoms with E-state index in [1.165, 1.54) is 22.3 Å². The van der Waals surface area contributed by atoms with Crippen LogP contribution in [0.3, 0.4) is 0 Å². The fraction of sp³-hybridized carbons (Fsp3) is 0.312.